The number of nitrogens with zero attached hydrogens (tertiary/aromatic N) is 3. The minimum Gasteiger partial charge on any atom is -0.462 e. The Morgan fingerprint density at radius 2 is 1.97 bits per heavy atom. The minimum absolute atomic E-state index is 0.0672. The number of ether oxygens (including phenoxy) is 1. The number of rotatable bonds is 7. The van der Waals surface area contributed by atoms with Crippen molar-refractivity contribution in [2.24, 2.45) is 10.9 Å². The third kappa shape index (κ3) is 5.36. The molecule has 0 aliphatic carbocycles. The molecule has 8 heteroatoms. The fourth-order valence-electron chi connectivity index (χ4n) is 3.44. The summed E-state index contributed by atoms with van der Waals surface area (Å²) in [5.74, 6) is -2.50. The lowest BCUT2D eigenvalue weighted by Crippen LogP contribution is -2.47. The summed E-state index contributed by atoms with van der Waals surface area (Å²) >= 11 is 6.09. The van der Waals surface area contributed by atoms with Crippen LogP contribution in [0.15, 0.2) is 64.7 Å². The van der Waals surface area contributed by atoms with Gasteiger partial charge in [-0.1, -0.05) is 41.9 Å². The maximum absolute atomic E-state index is 13.1. The van der Waals surface area contributed by atoms with Gasteiger partial charge in [0.15, 0.2) is 0 Å². The number of hydrogen-bond donors (Lipinski definition) is 0. The van der Waals surface area contributed by atoms with Crippen LogP contribution in [0, 0.1) is 17.2 Å². The van der Waals surface area contributed by atoms with Gasteiger partial charge in [0.25, 0.3) is 5.91 Å². The topological polar surface area (TPSA) is 99.8 Å². The van der Waals surface area contributed by atoms with Gasteiger partial charge in [0.05, 0.1) is 28.8 Å². The SMILES string of the molecule is CCOC(=O)c1cc(N=CC2C(=O)N(CCc3ccccc3)C(=O)C(C#N)=C2C)ccc1Cl. The lowest BCUT2D eigenvalue weighted by atomic mass is 9.90. The molecule has 0 spiro atoms. The van der Waals surface area contributed by atoms with Gasteiger partial charge >= 0.3 is 5.97 Å². The molecule has 2 amide bonds. The highest BCUT2D eigenvalue weighted by molar-refractivity contribution is 6.33. The van der Waals surface area contributed by atoms with Gasteiger partial charge in [-0.2, -0.15) is 5.26 Å². The van der Waals surface area contributed by atoms with Gasteiger partial charge in [-0.15, -0.1) is 0 Å². The molecule has 2 aromatic carbocycles. The summed E-state index contributed by atoms with van der Waals surface area (Å²) in [5.41, 5.74) is 1.79. The zero-order valence-corrected chi connectivity index (χ0v) is 19.0. The lowest BCUT2D eigenvalue weighted by Gasteiger charge is -2.29. The van der Waals surface area contributed by atoms with Gasteiger partial charge in [0, 0.05) is 12.8 Å². The van der Waals surface area contributed by atoms with Crippen LogP contribution in [0.25, 0.3) is 0 Å². The first-order valence-corrected chi connectivity index (χ1v) is 10.8. The van der Waals surface area contributed by atoms with Crippen LogP contribution in [0.2, 0.25) is 5.02 Å². The summed E-state index contributed by atoms with van der Waals surface area (Å²) in [4.78, 5) is 43.4. The van der Waals surface area contributed by atoms with Crippen molar-refractivity contribution in [2.75, 3.05) is 13.2 Å². The predicted molar refractivity (Wildman–Crippen MR) is 124 cm³/mol. The van der Waals surface area contributed by atoms with E-state index in [1.807, 2.05) is 36.4 Å². The maximum Gasteiger partial charge on any atom is 0.339 e. The number of halogens is 1. The lowest BCUT2D eigenvalue weighted by molar-refractivity contribution is -0.144. The summed E-state index contributed by atoms with van der Waals surface area (Å²) in [6, 6.07) is 16.0. The summed E-state index contributed by atoms with van der Waals surface area (Å²) < 4.78 is 4.99. The first-order chi connectivity index (χ1) is 15.9. The van der Waals surface area contributed by atoms with E-state index in [0.717, 1.165) is 10.5 Å². The van der Waals surface area contributed by atoms with Crippen LogP contribution in [-0.4, -0.2) is 42.0 Å². The predicted octanol–water partition coefficient (Wildman–Crippen LogP) is 4.29. The Hall–Kier alpha value is -3.76. The van der Waals surface area contributed by atoms with E-state index in [1.54, 1.807) is 19.9 Å². The van der Waals surface area contributed by atoms with E-state index in [1.165, 1.54) is 18.3 Å². The van der Waals surface area contributed by atoms with Crippen molar-refractivity contribution in [3.63, 3.8) is 0 Å². The smallest absolute Gasteiger partial charge is 0.339 e. The largest absolute Gasteiger partial charge is 0.462 e. The molecule has 0 N–H and O–H groups in total. The molecule has 0 bridgehead atoms. The molecule has 1 atom stereocenters. The van der Waals surface area contributed by atoms with E-state index in [-0.39, 0.29) is 29.3 Å². The van der Waals surface area contributed by atoms with Crippen molar-refractivity contribution in [1.29, 1.82) is 5.26 Å². The zero-order chi connectivity index (χ0) is 24.0. The minimum atomic E-state index is -0.880. The highest BCUT2D eigenvalue weighted by Crippen LogP contribution is 2.27. The van der Waals surface area contributed by atoms with Gasteiger partial charge in [-0.3, -0.25) is 19.5 Å². The normalized spacial score (nSPS) is 16.3. The average Bonchev–Trinajstić information content (AvgIpc) is 2.81. The second-order valence-corrected chi connectivity index (χ2v) is 7.75. The van der Waals surface area contributed by atoms with E-state index >= 15 is 0 Å². The number of esters is 1. The Bertz CT molecular complexity index is 1180. The van der Waals surface area contributed by atoms with Crippen molar-refractivity contribution in [2.45, 2.75) is 20.3 Å². The van der Waals surface area contributed by atoms with E-state index in [0.29, 0.717) is 17.7 Å². The number of benzene rings is 2. The third-order valence-electron chi connectivity index (χ3n) is 5.25. The van der Waals surface area contributed by atoms with Gasteiger partial charge in [-0.25, -0.2) is 4.79 Å². The monoisotopic (exact) mass is 463 g/mol. The number of amides is 2. The van der Waals surface area contributed by atoms with Crippen molar-refractivity contribution < 1.29 is 19.1 Å². The quantitative estimate of drug-likeness (QED) is 0.346. The Kier molecular flexibility index (Phi) is 7.75. The highest BCUT2D eigenvalue weighted by Gasteiger charge is 2.38. The van der Waals surface area contributed by atoms with Crippen LogP contribution in [0.4, 0.5) is 5.69 Å². The fourth-order valence-corrected chi connectivity index (χ4v) is 3.64. The van der Waals surface area contributed by atoms with Gasteiger partial charge in [0.1, 0.15) is 11.6 Å². The van der Waals surface area contributed by atoms with Crippen LogP contribution >= 0.6 is 11.6 Å². The van der Waals surface area contributed by atoms with Crippen LogP contribution in [0.1, 0.15) is 29.8 Å². The number of nitriles is 1. The molecular weight excluding hydrogens is 442 g/mol. The summed E-state index contributed by atoms with van der Waals surface area (Å²) in [5, 5.41) is 9.75. The Morgan fingerprint density at radius 1 is 1.24 bits per heavy atom. The van der Waals surface area contributed by atoms with Crippen LogP contribution in [0.5, 0.6) is 0 Å². The van der Waals surface area contributed by atoms with E-state index in [9.17, 15) is 19.6 Å². The summed E-state index contributed by atoms with van der Waals surface area (Å²) in [6.07, 6.45) is 1.86. The van der Waals surface area contributed by atoms with E-state index in [2.05, 4.69) is 4.99 Å². The van der Waals surface area contributed by atoms with E-state index in [4.69, 9.17) is 16.3 Å². The number of hydrogen-bond acceptors (Lipinski definition) is 6. The van der Waals surface area contributed by atoms with E-state index < -0.39 is 23.7 Å². The molecule has 168 valence electrons. The van der Waals surface area contributed by atoms with Crippen molar-refractivity contribution in [3.05, 3.63) is 75.8 Å². The number of carbonyl (C=O) groups is 3. The molecule has 0 saturated carbocycles. The molecule has 1 aliphatic heterocycles. The van der Waals surface area contributed by atoms with Crippen molar-refractivity contribution >= 4 is 41.3 Å². The zero-order valence-electron chi connectivity index (χ0n) is 18.2. The first-order valence-electron chi connectivity index (χ1n) is 10.4. The van der Waals surface area contributed by atoms with Crippen LogP contribution in [-0.2, 0) is 20.7 Å². The fraction of sp³-hybridized carbons (Fsp3) is 0.240. The molecule has 1 unspecified atom stereocenters. The molecule has 0 saturated heterocycles. The Balaban J connectivity index is 1.87. The van der Waals surface area contributed by atoms with Crippen LogP contribution < -0.4 is 0 Å². The van der Waals surface area contributed by atoms with Gasteiger partial charge < -0.3 is 4.74 Å². The average molecular weight is 464 g/mol. The van der Waals surface area contributed by atoms with Gasteiger partial charge in [-0.05, 0) is 49.6 Å². The number of imide groups is 1. The molecule has 0 fully saturated rings. The molecular formula is C25H22ClN3O4. The molecule has 1 heterocycles. The summed E-state index contributed by atoms with van der Waals surface area (Å²) in [7, 11) is 0. The number of carbonyl (C=O) groups excluding carboxylic acids is 3. The van der Waals surface area contributed by atoms with Crippen molar-refractivity contribution in [3.8, 4) is 6.07 Å². The highest BCUT2D eigenvalue weighted by atomic mass is 35.5. The molecule has 2 aromatic rings. The van der Waals surface area contributed by atoms with Gasteiger partial charge in [0.2, 0.25) is 5.91 Å². The maximum atomic E-state index is 13.1. The van der Waals surface area contributed by atoms with Crippen molar-refractivity contribution in [1.82, 2.24) is 4.90 Å². The van der Waals surface area contributed by atoms with Crippen LogP contribution in [0.3, 0.4) is 0 Å². The Labute approximate surface area is 196 Å². The molecule has 1 aliphatic rings. The molecule has 33 heavy (non-hydrogen) atoms. The first kappa shape index (κ1) is 23.9. The standard InChI is InChI=1S/C25H22ClN3O4/c1-3-33-25(32)19-13-18(9-10-22(19)26)28-15-21-16(2)20(14-27)23(30)29(24(21)31)12-11-17-7-5-4-6-8-17/h4-10,13,15,21H,3,11-12H2,1-2H3. The molecule has 0 aromatic heterocycles. The summed E-state index contributed by atoms with van der Waals surface area (Å²) in [6.45, 7) is 3.62. The second kappa shape index (κ2) is 10.7. The molecule has 0 radical (unpaired) electrons. The third-order valence-corrected chi connectivity index (χ3v) is 5.58. The molecule has 7 nitrogen and oxygen atoms in total. The molecule has 3 rings (SSSR count). The second-order valence-electron chi connectivity index (χ2n) is 7.34. The number of aliphatic imine (C=N–C) groups is 1. The Morgan fingerprint density at radius 3 is 2.64 bits per heavy atom.